The Kier molecular flexibility index (Phi) is 5.06. The molecule has 0 aliphatic heterocycles. The molecule has 3 heteroatoms. The molecule has 1 atom stereocenters. The van der Waals surface area contributed by atoms with Gasteiger partial charge < -0.3 is 0 Å². The van der Waals surface area contributed by atoms with Crippen molar-refractivity contribution in [3.8, 4) is 0 Å². The van der Waals surface area contributed by atoms with Gasteiger partial charge in [-0.05, 0) is 47.7 Å². The second kappa shape index (κ2) is 6.09. The molecule has 0 aromatic heterocycles. The molecule has 1 aromatic rings. The highest BCUT2D eigenvalue weighted by molar-refractivity contribution is 6.13. The molecule has 15 heavy (non-hydrogen) atoms. The van der Waals surface area contributed by atoms with Gasteiger partial charge in [-0.2, -0.15) is 0 Å². The fourth-order valence-electron chi connectivity index (χ4n) is 1.83. The fraction of sp³-hybridized carbons (Fsp3) is 0.500. The summed E-state index contributed by atoms with van der Waals surface area (Å²) >= 11 is 5.44. The lowest BCUT2D eigenvalue weighted by atomic mass is 9.86. The Morgan fingerprint density at radius 2 is 2.13 bits per heavy atom. The monoisotopic (exact) mass is 229 g/mol. The quantitative estimate of drug-likeness (QED) is 0.760. The lowest BCUT2D eigenvalue weighted by Crippen LogP contribution is -2.13. The van der Waals surface area contributed by atoms with E-state index in [0.717, 1.165) is 18.5 Å². The van der Waals surface area contributed by atoms with Crippen LogP contribution in [0, 0.1) is 11.7 Å². The Morgan fingerprint density at radius 3 is 2.67 bits per heavy atom. The highest BCUT2D eigenvalue weighted by Crippen LogP contribution is 2.27. The lowest BCUT2D eigenvalue weighted by Gasteiger charge is -2.21. The van der Waals surface area contributed by atoms with Gasteiger partial charge in [-0.3, -0.25) is 0 Å². The van der Waals surface area contributed by atoms with Crippen molar-refractivity contribution in [2.24, 2.45) is 5.92 Å². The van der Waals surface area contributed by atoms with Crippen LogP contribution in [0.5, 0.6) is 0 Å². The first kappa shape index (κ1) is 12.5. The van der Waals surface area contributed by atoms with Crippen LogP contribution in [-0.4, -0.2) is 6.54 Å². The third-order valence-electron chi connectivity index (χ3n) is 2.63. The highest BCUT2D eigenvalue weighted by Gasteiger charge is 2.15. The highest BCUT2D eigenvalue weighted by atomic mass is 35.5. The lowest BCUT2D eigenvalue weighted by molar-refractivity contribution is 0.465. The summed E-state index contributed by atoms with van der Waals surface area (Å²) in [4.78, 5) is 2.62. The smallest absolute Gasteiger partial charge is 0.123 e. The van der Waals surface area contributed by atoms with Crippen LogP contribution in [0.3, 0.4) is 0 Å². The number of rotatable bonds is 5. The molecule has 0 saturated heterocycles. The summed E-state index contributed by atoms with van der Waals surface area (Å²) in [5.41, 5.74) is 1.05. The molecule has 84 valence electrons. The number of halogens is 2. The SMILES string of the molecule is CC(C)C(CCNCl)c1cccc(F)c1. The maximum atomic E-state index is 13.1. The number of nitrogens with one attached hydrogen (secondary N) is 1. The minimum absolute atomic E-state index is 0.169. The van der Waals surface area contributed by atoms with Crippen LogP contribution < -0.4 is 4.84 Å². The number of benzene rings is 1. The van der Waals surface area contributed by atoms with Gasteiger partial charge in [0.2, 0.25) is 0 Å². The zero-order valence-electron chi connectivity index (χ0n) is 9.13. The molecule has 0 bridgehead atoms. The first-order valence-corrected chi connectivity index (χ1v) is 5.62. The van der Waals surface area contributed by atoms with E-state index >= 15 is 0 Å². The van der Waals surface area contributed by atoms with Gasteiger partial charge in [-0.1, -0.05) is 26.0 Å². The van der Waals surface area contributed by atoms with E-state index in [1.165, 1.54) is 6.07 Å². The van der Waals surface area contributed by atoms with Crippen LogP contribution in [0.2, 0.25) is 0 Å². The zero-order chi connectivity index (χ0) is 11.3. The maximum Gasteiger partial charge on any atom is 0.123 e. The molecule has 0 amide bonds. The van der Waals surface area contributed by atoms with Crippen LogP contribution in [0.1, 0.15) is 31.7 Å². The van der Waals surface area contributed by atoms with Gasteiger partial charge in [0.15, 0.2) is 0 Å². The van der Waals surface area contributed by atoms with E-state index in [9.17, 15) is 4.39 Å². The standard InChI is InChI=1S/C12H17ClFN/c1-9(2)12(6-7-15-13)10-4-3-5-11(14)8-10/h3-5,8-9,12,15H,6-7H2,1-2H3. The van der Waals surface area contributed by atoms with Gasteiger partial charge >= 0.3 is 0 Å². The normalized spacial score (nSPS) is 13.1. The summed E-state index contributed by atoms with van der Waals surface area (Å²) in [5.74, 6) is 0.667. The summed E-state index contributed by atoms with van der Waals surface area (Å²) in [5, 5.41) is 0. The van der Waals surface area contributed by atoms with Gasteiger partial charge in [-0.15, -0.1) is 0 Å². The van der Waals surface area contributed by atoms with E-state index in [2.05, 4.69) is 18.7 Å². The van der Waals surface area contributed by atoms with Gasteiger partial charge in [0, 0.05) is 6.54 Å². The molecule has 1 rings (SSSR count). The first-order valence-electron chi connectivity index (χ1n) is 5.24. The van der Waals surface area contributed by atoms with Crippen molar-refractivity contribution in [2.45, 2.75) is 26.2 Å². The second-order valence-corrected chi connectivity index (χ2v) is 4.35. The molecule has 0 radical (unpaired) electrons. The molecule has 0 heterocycles. The molecule has 1 N–H and O–H groups in total. The molecule has 0 saturated carbocycles. The molecule has 1 aromatic carbocycles. The van der Waals surface area contributed by atoms with E-state index < -0.39 is 0 Å². The minimum atomic E-state index is -0.169. The molecule has 0 aliphatic rings. The first-order chi connectivity index (χ1) is 7.15. The van der Waals surface area contributed by atoms with E-state index in [1.807, 2.05) is 6.07 Å². The van der Waals surface area contributed by atoms with E-state index in [-0.39, 0.29) is 5.82 Å². The van der Waals surface area contributed by atoms with Crippen LogP contribution in [0.15, 0.2) is 24.3 Å². The molecule has 0 fully saturated rings. The number of hydrogen-bond acceptors (Lipinski definition) is 1. The van der Waals surface area contributed by atoms with Crippen molar-refractivity contribution < 1.29 is 4.39 Å². The van der Waals surface area contributed by atoms with Gasteiger partial charge in [0.25, 0.3) is 0 Å². The molecule has 1 unspecified atom stereocenters. The van der Waals surface area contributed by atoms with Crippen LogP contribution in [-0.2, 0) is 0 Å². The maximum absolute atomic E-state index is 13.1. The van der Waals surface area contributed by atoms with Gasteiger partial charge in [0.1, 0.15) is 5.82 Å². The molecular formula is C12H17ClFN. The van der Waals surface area contributed by atoms with E-state index in [4.69, 9.17) is 11.8 Å². The van der Waals surface area contributed by atoms with Gasteiger partial charge in [0.05, 0.1) is 0 Å². The zero-order valence-corrected chi connectivity index (χ0v) is 9.89. The van der Waals surface area contributed by atoms with Crippen molar-refractivity contribution in [1.29, 1.82) is 0 Å². The molecule has 0 spiro atoms. The van der Waals surface area contributed by atoms with Crippen molar-refractivity contribution in [1.82, 2.24) is 4.84 Å². The van der Waals surface area contributed by atoms with Crippen molar-refractivity contribution >= 4 is 11.8 Å². The minimum Gasteiger partial charge on any atom is -0.234 e. The van der Waals surface area contributed by atoms with Crippen LogP contribution in [0.4, 0.5) is 4.39 Å². The summed E-state index contributed by atoms with van der Waals surface area (Å²) in [6.45, 7) is 5.02. The number of hydrogen-bond donors (Lipinski definition) is 1. The average molecular weight is 230 g/mol. The summed E-state index contributed by atoms with van der Waals surface area (Å²) in [6, 6.07) is 6.82. The molecule has 0 aliphatic carbocycles. The average Bonchev–Trinajstić information content (AvgIpc) is 2.18. The summed E-state index contributed by atoms with van der Waals surface area (Å²) in [7, 11) is 0. The Balaban J connectivity index is 2.79. The second-order valence-electron chi connectivity index (χ2n) is 4.08. The molecular weight excluding hydrogens is 213 g/mol. The van der Waals surface area contributed by atoms with Crippen LogP contribution in [0.25, 0.3) is 0 Å². The van der Waals surface area contributed by atoms with Crippen molar-refractivity contribution in [3.05, 3.63) is 35.6 Å². The fourth-order valence-corrected chi connectivity index (χ4v) is 1.94. The third-order valence-corrected chi connectivity index (χ3v) is 2.82. The van der Waals surface area contributed by atoms with Crippen molar-refractivity contribution in [2.75, 3.05) is 6.54 Å². The molecule has 1 nitrogen and oxygen atoms in total. The van der Waals surface area contributed by atoms with E-state index in [0.29, 0.717) is 11.8 Å². The van der Waals surface area contributed by atoms with E-state index in [1.54, 1.807) is 12.1 Å². The topological polar surface area (TPSA) is 12.0 Å². The Bertz CT molecular complexity index is 301. The predicted molar refractivity (Wildman–Crippen MR) is 62.5 cm³/mol. The van der Waals surface area contributed by atoms with Crippen LogP contribution >= 0.6 is 11.8 Å². The summed E-state index contributed by atoms with van der Waals surface area (Å²) in [6.07, 6.45) is 0.921. The predicted octanol–water partition coefficient (Wildman–Crippen LogP) is 3.70. The van der Waals surface area contributed by atoms with Crippen molar-refractivity contribution in [3.63, 3.8) is 0 Å². The largest absolute Gasteiger partial charge is 0.234 e. The third kappa shape index (κ3) is 3.80. The Hall–Kier alpha value is -0.600. The Morgan fingerprint density at radius 1 is 1.40 bits per heavy atom. The Labute approximate surface area is 95.8 Å². The van der Waals surface area contributed by atoms with Gasteiger partial charge in [-0.25, -0.2) is 9.23 Å². The summed E-state index contributed by atoms with van der Waals surface area (Å²) < 4.78 is 13.1.